The van der Waals surface area contributed by atoms with Gasteiger partial charge < -0.3 is 4.90 Å². The van der Waals surface area contributed by atoms with E-state index < -0.39 is 0 Å². The minimum Gasteiger partial charge on any atom is -0.341 e. The van der Waals surface area contributed by atoms with Gasteiger partial charge in [-0.15, -0.1) is 0 Å². The summed E-state index contributed by atoms with van der Waals surface area (Å²) >= 11 is 0. The van der Waals surface area contributed by atoms with E-state index in [1.165, 1.54) is 12.1 Å². The zero-order chi connectivity index (χ0) is 17.8. The molecule has 128 valence electrons. The number of amides is 1. The topological polar surface area (TPSA) is 68.2 Å². The molecule has 2 aromatic carbocycles. The molecule has 0 aromatic heterocycles. The summed E-state index contributed by atoms with van der Waals surface area (Å²) in [4.78, 5) is 14.3. The largest absolute Gasteiger partial charge is 0.341 e. The number of nitrogens with one attached hydrogen (secondary N) is 2. The first kappa shape index (κ1) is 17.1. The van der Waals surface area contributed by atoms with Crippen LogP contribution in [0.4, 0.5) is 4.39 Å². The molecule has 1 heterocycles. The Morgan fingerprint density at radius 3 is 2.80 bits per heavy atom. The van der Waals surface area contributed by atoms with Crippen molar-refractivity contribution in [3.8, 4) is 6.07 Å². The summed E-state index contributed by atoms with van der Waals surface area (Å²) < 4.78 is 13.1. The second-order valence-corrected chi connectivity index (χ2v) is 6.19. The predicted octanol–water partition coefficient (Wildman–Crippen LogP) is 2.23. The third-order valence-corrected chi connectivity index (χ3v) is 4.42. The summed E-state index contributed by atoms with van der Waals surface area (Å²) in [5.74, 6) is -0.239. The number of carbonyl (C=O) groups is 1. The summed E-state index contributed by atoms with van der Waals surface area (Å²) in [6, 6.07) is 15.1. The Hall–Kier alpha value is -2.75. The average molecular weight is 338 g/mol. The monoisotopic (exact) mass is 338 g/mol. The van der Waals surface area contributed by atoms with Crippen molar-refractivity contribution in [1.82, 2.24) is 15.8 Å². The Morgan fingerprint density at radius 1 is 1.32 bits per heavy atom. The number of halogens is 1. The van der Waals surface area contributed by atoms with Crippen molar-refractivity contribution < 1.29 is 9.18 Å². The summed E-state index contributed by atoms with van der Waals surface area (Å²) in [7, 11) is 1.75. The Balaban J connectivity index is 1.70. The van der Waals surface area contributed by atoms with Gasteiger partial charge in [-0.25, -0.2) is 9.82 Å². The van der Waals surface area contributed by atoms with E-state index in [4.69, 9.17) is 5.26 Å². The molecule has 1 amide bonds. The molecule has 0 aliphatic carbocycles. The third-order valence-electron chi connectivity index (χ3n) is 4.42. The number of hydrazine groups is 1. The fourth-order valence-electron chi connectivity index (χ4n) is 3.11. The lowest BCUT2D eigenvalue weighted by Crippen LogP contribution is -2.34. The van der Waals surface area contributed by atoms with Gasteiger partial charge in [-0.2, -0.15) is 5.26 Å². The first-order valence-electron chi connectivity index (χ1n) is 8.08. The molecule has 5 nitrogen and oxygen atoms in total. The molecule has 0 radical (unpaired) electrons. The highest BCUT2D eigenvalue weighted by Crippen LogP contribution is 2.26. The van der Waals surface area contributed by atoms with Crippen LogP contribution in [0.5, 0.6) is 0 Å². The predicted molar refractivity (Wildman–Crippen MR) is 91.9 cm³/mol. The van der Waals surface area contributed by atoms with E-state index in [1.54, 1.807) is 48.3 Å². The highest BCUT2D eigenvalue weighted by molar-refractivity contribution is 5.94. The summed E-state index contributed by atoms with van der Waals surface area (Å²) in [5.41, 5.74) is 8.24. The first-order valence-corrected chi connectivity index (χ1v) is 8.08. The first-order chi connectivity index (χ1) is 12.1. The van der Waals surface area contributed by atoms with E-state index in [0.717, 1.165) is 5.56 Å². The quantitative estimate of drug-likeness (QED) is 0.897. The third kappa shape index (κ3) is 3.85. The minimum atomic E-state index is -0.268. The van der Waals surface area contributed by atoms with Gasteiger partial charge in [0.1, 0.15) is 5.82 Å². The highest BCUT2D eigenvalue weighted by Gasteiger charge is 2.30. The van der Waals surface area contributed by atoms with Crippen LogP contribution in [-0.2, 0) is 0 Å². The van der Waals surface area contributed by atoms with E-state index in [1.807, 2.05) is 6.07 Å². The standard InChI is InChI=1S/C19H19FN4O/c1-24(19(25)15-4-2-3-13(9-15)10-21)12-16-11-22-23-18(16)14-5-7-17(20)8-6-14/h2-9,16,18,22-23H,11-12H2,1H3. The molecular weight excluding hydrogens is 319 g/mol. The fraction of sp³-hybridized carbons (Fsp3) is 0.263. The summed E-state index contributed by atoms with van der Waals surface area (Å²) in [5, 5.41) is 8.97. The van der Waals surface area contributed by atoms with Crippen LogP contribution in [0.3, 0.4) is 0 Å². The van der Waals surface area contributed by atoms with Crippen LogP contribution >= 0.6 is 0 Å². The van der Waals surface area contributed by atoms with Crippen LogP contribution in [0.2, 0.25) is 0 Å². The number of hydrogen-bond donors (Lipinski definition) is 2. The van der Waals surface area contributed by atoms with Gasteiger partial charge in [0.2, 0.25) is 0 Å². The van der Waals surface area contributed by atoms with Crippen molar-refractivity contribution in [2.45, 2.75) is 6.04 Å². The summed E-state index contributed by atoms with van der Waals surface area (Å²) in [6.45, 7) is 1.25. The van der Waals surface area contributed by atoms with Crippen LogP contribution in [0.25, 0.3) is 0 Å². The molecule has 25 heavy (non-hydrogen) atoms. The average Bonchev–Trinajstić information content (AvgIpc) is 3.09. The lowest BCUT2D eigenvalue weighted by atomic mass is 9.94. The maximum absolute atomic E-state index is 13.1. The van der Waals surface area contributed by atoms with Crippen LogP contribution < -0.4 is 10.9 Å². The lowest BCUT2D eigenvalue weighted by Gasteiger charge is -2.25. The Bertz CT molecular complexity index is 800. The van der Waals surface area contributed by atoms with Gasteiger partial charge in [-0.1, -0.05) is 18.2 Å². The SMILES string of the molecule is CN(CC1CNNC1c1ccc(F)cc1)C(=O)c1cccc(C#N)c1. The Morgan fingerprint density at radius 2 is 2.08 bits per heavy atom. The van der Waals surface area contributed by atoms with E-state index in [2.05, 4.69) is 10.9 Å². The molecule has 2 N–H and O–H groups in total. The summed E-state index contributed by atoms with van der Waals surface area (Å²) in [6.07, 6.45) is 0. The van der Waals surface area contributed by atoms with Crippen molar-refractivity contribution in [1.29, 1.82) is 5.26 Å². The van der Waals surface area contributed by atoms with Gasteiger partial charge in [-0.3, -0.25) is 10.2 Å². The van der Waals surface area contributed by atoms with Gasteiger partial charge in [0.25, 0.3) is 5.91 Å². The molecule has 2 atom stereocenters. The molecule has 0 spiro atoms. The van der Waals surface area contributed by atoms with Crippen molar-refractivity contribution >= 4 is 5.91 Å². The number of nitrogens with zero attached hydrogens (tertiary/aromatic N) is 2. The van der Waals surface area contributed by atoms with Crippen molar-refractivity contribution in [2.75, 3.05) is 20.1 Å². The zero-order valence-corrected chi connectivity index (χ0v) is 13.9. The van der Waals surface area contributed by atoms with Crippen LogP contribution in [-0.4, -0.2) is 30.9 Å². The van der Waals surface area contributed by atoms with Crippen molar-refractivity contribution in [2.24, 2.45) is 5.92 Å². The lowest BCUT2D eigenvalue weighted by molar-refractivity contribution is 0.0771. The normalized spacial score (nSPS) is 19.4. The number of benzene rings is 2. The van der Waals surface area contributed by atoms with E-state index in [-0.39, 0.29) is 23.7 Å². The molecule has 1 aliphatic rings. The van der Waals surface area contributed by atoms with Gasteiger partial charge in [0.15, 0.2) is 0 Å². The zero-order valence-electron chi connectivity index (χ0n) is 13.9. The van der Waals surface area contributed by atoms with E-state index >= 15 is 0 Å². The van der Waals surface area contributed by atoms with Crippen LogP contribution in [0.1, 0.15) is 27.5 Å². The van der Waals surface area contributed by atoms with Gasteiger partial charge in [0, 0.05) is 31.6 Å². The number of hydrogen-bond acceptors (Lipinski definition) is 4. The number of carbonyl (C=O) groups excluding carboxylic acids is 1. The van der Waals surface area contributed by atoms with Crippen molar-refractivity contribution in [3.63, 3.8) is 0 Å². The fourth-order valence-corrected chi connectivity index (χ4v) is 3.11. The Labute approximate surface area is 146 Å². The molecule has 3 rings (SSSR count). The number of rotatable bonds is 4. The Kier molecular flexibility index (Phi) is 5.08. The maximum atomic E-state index is 13.1. The van der Waals surface area contributed by atoms with Crippen LogP contribution in [0.15, 0.2) is 48.5 Å². The molecule has 1 saturated heterocycles. The molecule has 6 heteroatoms. The molecule has 0 bridgehead atoms. The molecule has 2 unspecified atom stereocenters. The molecule has 1 aliphatic heterocycles. The van der Waals surface area contributed by atoms with E-state index in [9.17, 15) is 9.18 Å². The van der Waals surface area contributed by atoms with E-state index in [0.29, 0.717) is 24.2 Å². The molecular formula is C19H19FN4O. The second kappa shape index (κ2) is 7.43. The molecule has 1 fully saturated rings. The second-order valence-electron chi connectivity index (χ2n) is 6.19. The number of nitriles is 1. The molecule has 0 saturated carbocycles. The molecule has 2 aromatic rings. The van der Waals surface area contributed by atoms with Crippen LogP contribution in [0, 0.1) is 23.1 Å². The van der Waals surface area contributed by atoms with Gasteiger partial charge in [0.05, 0.1) is 17.7 Å². The minimum absolute atomic E-state index is 0.00120. The smallest absolute Gasteiger partial charge is 0.253 e. The van der Waals surface area contributed by atoms with Gasteiger partial charge in [-0.05, 0) is 35.9 Å². The van der Waals surface area contributed by atoms with Gasteiger partial charge >= 0.3 is 0 Å². The maximum Gasteiger partial charge on any atom is 0.253 e. The highest BCUT2D eigenvalue weighted by atomic mass is 19.1. The van der Waals surface area contributed by atoms with Crippen molar-refractivity contribution in [3.05, 3.63) is 71.0 Å².